The first-order chi connectivity index (χ1) is 8.38. The summed E-state index contributed by atoms with van der Waals surface area (Å²) in [5.41, 5.74) is -0.526. The van der Waals surface area contributed by atoms with Crippen molar-refractivity contribution in [2.45, 2.75) is 37.9 Å². The second kappa shape index (κ2) is 4.88. The first-order valence-corrected chi connectivity index (χ1v) is 5.98. The number of alkyl halides is 3. The molecule has 0 spiro atoms. The highest BCUT2D eigenvalue weighted by molar-refractivity contribution is 5.29. The summed E-state index contributed by atoms with van der Waals surface area (Å²) >= 11 is 0. The van der Waals surface area contributed by atoms with Crippen LogP contribution in [-0.4, -0.2) is 12.6 Å². The van der Waals surface area contributed by atoms with E-state index in [2.05, 4.69) is 5.32 Å². The maximum Gasteiger partial charge on any atom is 0.419 e. The van der Waals surface area contributed by atoms with E-state index in [1.807, 2.05) is 6.92 Å². The Labute approximate surface area is 103 Å². The zero-order valence-corrected chi connectivity index (χ0v) is 10.0. The lowest BCUT2D eigenvalue weighted by atomic mass is 9.86. The van der Waals surface area contributed by atoms with Crippen molar-refractivity contribution in [3.05, 3.63) is 35.1 Å². The second-order valence-electron chi connectivity index (χ2n) is 4.81. The topological polar surface area (TPSA) is 12.0 Å². The summed E-state index contributed by atoms with van der Waals surface area (Å²) in [5, 5.41) is 3.26. The van der Waals surface area contributed by atoms with Crippen molar-refractivity contribution < 1.29 is 17.6 Å². The highest BCUT2D eigenvalue weighted by Gasteiger charge is 2.34. The van der Waals surface area contributed by atoms with Crippen molar-refractivity contribution in [3.63, 3.8) is 0 Å². The molecule has 2 atom stereocenters. The third-order valence-corrected chi connectivity index (χ3v) is 3.39. The maximum absolute atomic E-state index is 13.5. The lowest BCUT2D eigenvalue weighted by molar-refractivity contribution is -0.140. The van der Waals surface area contributed by atoms with Crippen LogP contribution in [0.4, 0.5) is 17.6 Å². The minimum Gasteiger partial charge on any atom is -0.314 e. The van der Waals surface area contributed by atoms with E-state index in [9.17, 15) is 17.6 Å². The van der Waals surface area contributed by atoms with Gasteiger partial charge in [-0.1, -0.05) is 6.07 Å². The molecule has 5 heteroatoms. The standard InChI is InChI=1S/C13H15F4N/c1-8-6-10(4-5-18-8)9-2-3-11(12(14)7-9)13(15,16)17/h2-3,7-8,10,18H,4-6H2,1H3. The van der Waals surface area contributed by atoms with Gasteiger partial charge in [0.05, 0.1) is 5.56 Å². The summed E-state index contributed by atoms with van der Waals surface area (Å²) in [6, 6.07) is 3.59. The summed E-state index contributed by atoms with van der Waals surface area (Å²) in [4.78, 5) is 0. The van der Waals surface area contributed by atoms with E-state index in [0.29, 0.717) is 11.6 Å². The first kappa shape index (κ1) is 13.3. The molecule has 1 fully saturated rings. The van der Waals surface area contributed by atoms with Gasteiger partial charge >= 0.3 is 6.18 Å². The number of benzene rings is 1. The van der Waals surface area contributed by atoms with Crippen molar-refractivity contribution in [2.24, 2.45) is 0 Å². The average molecular weight is 261 g/mol. The molecule has 1 aromatic rings. The van der Waals surface area contributed by atoms with Crippen molar-refractivity contribution >= 4 is 0 Å². The fourth-order valence-corrected chi connectivity index (χ4v) is 2.45. The Hall–Kier alpha value is -1.10. The molecule has 0 aliphatic carbocycles. The van der Waals surface area contributed by atoms with Gasteiger partial charge in [0, 0.05) is 6.04 Å². The molecular formula is C13H15F4N. The highest BCUT2D eigenvalue weighted by Crippen LogP contribution is 2.34. The van der Waals surface area contributed by atoms with E-state index >= 15 is 0 Å². The number of piperidine rings is 1. The second-order valence-corrected chi connectivity index (χ2v) is 4.81. The molecule has 1 aromatic carbocycles. The molecule has 0 bridgehead atoms. The summed E-state index contributed by atoms with van der Waals surface area (Å²) in [6.07, 6.45) is -2.97. The van der Waals surface area contributed by atoms with E-state index in [-0.39, 0.29) is 5.92 Å². The van der Waals surface area contributed by atoms with Crippen LogP contribution in [0.1, 0.15) is 36.8 Å². The van der Waals surface area contributed by atoms with Crippen LogP contribution in [0, 0.1) is 5.82 Å². The monoisotopic (exact) mass is 261 g/mol. The quantitative estimate of drug-likeness (QED) is 0.760. The molecule has 1 saturated heterocycles. The zero-order chi connectivity index (χ0) is 13.3. The summed E-state index contributed by atoms with van der Waals surface area (Å²) < 4.78 is 50.8. The molecule has 0 saturated carbocycles. The molecule has 0 radical (unpaired) electrons. The predicted octanol–water partition coefficient (Wildman–Crippen LogP) is 3.70. The fourth-order valence-electron chi connectivity index (χ4n) is 2.45. The summed E-state index contributed by atoms with van der Waals surface area (Å²) in [7, 11) is 0. The van der Waals surface area contributed by atoms with E-state index < -0.39 is 17.6 Å². The summed E-state index contributed by atoms with van der Waals surface area (Å²) in [6.45, 7) is 2.83. The van der Waals surface area contributed by atoms with Gasteiger partial charge in [-0.3, -0.25) is 0 Å². The molecule has 1 nitrogen and oxygen atoms in total. The molecule has 100 valence electrons. The smallest absolute Gasteiger partial charge is 0.314 e. The van der Waals surface area contributed by atoms with E-state index in [1.165, 1.54) is 6.07 Å². The Morgan fingerprint density at radius 2 is 2.00 bits per heavy atom. The highest BCUT2D eigenvalue weighted by atomic mass is 19.4. The van der Waals surface area contributed by atoms with Crippen molar-refractivity contribution in [2.75, 3.05) is 6.54 Å². The molecule has 2 rings (SSSR count). The molecular weight excluding hydrogens is 246 g/mol. The molecule has 0 amide bonds. The van der Waals surface area contributed by atoms with Crippen LogP contribution in [0.25, 0.3) is 0 Å². The van der Waals surface area contributed by atoms with Gasteiger partial charge in [-0.05, 0) is 49.9 Å². The lowest BCUT2D eigenvalue weighted by Crippen LogP contribution is -2.34. The van der Waals surface area contributed by atoms with Crippen LogP contribution < -0.4 is 5.32 Å². The minimum atomic E-state index is -4.62. The fraction of sp³-hybridized carbons (Fsp3) is 0.538. The number of nitrogens with one attached hydrogen (secondary N) is 1. The number of hydrogen-bond acceptors (Lipinski definition) is 1. The van der Waals surface area contributed by atoms with Gasteiger partial charge in [0.15, 0.2) is 0 Å². The zero-order valence-electron chi connectivity index (χ0n) is 10.0. The van der Waals surface area contributed by atoms with Gasteiger partial charge in [0.25, 0.3) is 0 Å². The van der Waals surface area contributed by atoms with Gasteiger partial charge in [-0.2, -0.15) is 13.2 Å². The van der Waals surface area contributed by atoms with Gasteiger partial charge in [-0.15, -0.1) is 0 Å². The van der Waals surface area contributed by atoms with E-state index in [1.54, 1.807) is 0 Å². The molecule has 0 aromatic heterocycles. The Balaban J connectivity index is 2.23. The lowest BCUT2D eigenvalue weighted by Gasteiger charge is -2.28. The molecule has 2 unspecified atom stereocenters. The first-order valence-electron chi connectivity index (χ1n) is 5.98. The molecule has 1 heterocycles. The Kier molecular flexibility index (Phi) is 3.61. The van der Waals surface area contributed by atoms with Crippen molar-refractivity contribution in [1.82, 2.24) is 5.32 Å². The SMILES string of the molecule is CC1CC(c2ccc(C(F)(F)F)c(F)c2)CCN1. The minimum absolute atomic E-state index is 0.137. The molecule has 18 heavy (non-hydrogen) atoms. The largest absolute Gasteiger partial charge is 0.419 e. The van der Waals surface area contributed by atoms with Crippen molar-refractivity contribution in [1.29, 1.82) is 0 Å². The third kappa shape index (κ3) is 2.83. The van der Waals surface area contributed by atoms with E-state index in [0.717, 1.165) is 31.5 Å². The Morgan fingerprint density at radius 3 is 2.56 bits per heavy atom. The molecule has 1 aliphatic heterocycles. The van der Waals surface area contributed by atoms with Gasteiger partial charge < -0.3 is 5.32 Å². The van der Waals surface area contributed by atoms with Gasteiger partial charge in [-0.25, -0.2) is 4.39 Å². The number of hydrogen-bond donors (Lipinski definition) is 1. The van der Waals surface area contributed by atoms with Crippen LogP contribution in [0.5, 0.6) is 0 Å². The van der Waals surface area contributed by atoms with Crippen LogP contribution >= 0.6 is 0 Å². The number of halogens is 4. The van der Waals surface area contributed by atoms with Gasteiger partial charge in [0.1, 0.15) is 5.82 Å². The van der Waals surface area contributed by atoms with Crippen molar-refractivity contribution in [3.8, 4) is 0 Å². The average Bonchev–Trinajstić information content (AvgIpc) is 2.27. The molecule has 1 N–H and O–H groups in total. The summed E-state index contributed by atoms with van der Waals surface area (Å²) in [5.74, 6) is -1.04. The normalized spacial score (nSPS) is 25.2. The Bertz CT molecular complexity index is 427. The number of rotatable bonds is 1. The van der Waals surface area contributed by atoms with Crippen LogP contribution in [0.3, 0.4) is 0 Å². The van der Waals surface area contributed by atoms with Crippen LogP contribution in [0.15, 0.2) is 18.2 Å². The van der Waals surface area contributed by atoms with Crippen LogP contribution in [-0.2, 0) is 6.18 Å². The molecule has 1 aliphatic rings. The van der Waals surface area contributed by atoms with Crippen LogP contribution in [0.2, 0.25) is 0 Å². The predicted molar refractivity (Wildman–Crippen MR) is 60.8 cm³/mol. The Morgan fingerprint density at radius 1 is 1.28 bits per heavy atom. The van der Waals surface area contributed by atoms with E-state index in [4.69, 9.17) is 0 Å². The maximum atomic E-state index is 13.5. The van der Waals surface area contributed by atoms with Gasteiger partial charge in [0.2, 0.25) is 0 Å². The third-order valence-electron chi connectivity index (χ3n) is 3.39.